The first-order chi connectivity index (χ1) is 14.4. The highest BCUT2D eigenvalue weighted by Crippen LogP contribution is 2.29. The molecule has 0 aliphatic rings. The van der Waals surface area contributed by atoms with Gasteiger partial charge >= 0.3 is 5.97 Å². The predicted octanol–water partition coefficient (Wildman–Crippen LogP) is 3.92. The van der Waals surface area contributed by atoms with Crippen molar-refractivity contribution in [3.05, 3.63) is 93.3 Å². The number of nitrogens with one attached hydrogen (secondary N) is 1. The number of thioether (sulfide) groups is 1. The molecule has 0 unspecified atom stereocenters. The zero-order valence-electron chi connectivity index (χ0n) is 15.8. The third-order valence-corrected chi connectivity index (χ3v) is 5.05. The highest BCUT2D eigenvalue weighted by Gasteiger charge is 2.23. The number of ether oxygens (including phenoxy) is 1. The molecule has 0 saturated heterocycles. The molecular formula is C21H16N2O6S. The lowest BCUT2D eigenvalue weighted by molar-refractivity contribution is -0.387. The summed E-state index contributed by atoms with van der Waals surface area (Å²) >= 11 is 1.19. The predicted molar refractivity (Wildman–Crippen MR) is 110 cm³/mol. The SMILES string of the molecule is CSc1ccc(C(=O)c2ccccc2C(=O)OCC(=O)c2ccc[nH]2)cc1[N+](=O)[O-]. The molecule has 1 N–H and O–H groups in total. The molecule has 0 amide bonds. The molecule has 0 spiro atoms. The summed E-state index contributed by atoms with van der Waals surface area (Å²) in [7, 11) is 0. The number of H-pyrrole nitrogens is 1. The van der Waals surface area contributed by atoms with E-state index in [1.165, 1.54) is 42.1 Å². The molecular weight excluding hydrogens is 408 g/mol. The second-order valence-corrected chi connectivity index (χ2v) is 6.95. The van der Waals surface area contributed by atoms with Gasteiger partial charge in [0.1, 0.15) is 0 Å². The van der Waals surface area contributed by atoms with Crippen molar-refractivity contribution in [3.8, 4) is 0 Å². The number of esters is 1. The van der Waals surface area contributed by atoms with Crippen LogP contribution in [0.15, 0.2) is 65.7 Å². The normalized spacial score (nSPS) is 10.4. The minimum atomic E-state index is -0.839. The lowest BCUT2D eigenvalue weighted by Crippen LogP contribution is -2.17. The van der Waals surface area contributed by atoms with Crippen LogP contribution in [0.3, 0.4) is 0 Å². The molecule has 0 aliphatic heterocycles. The second kappa shape index (κ2) is 9.19. The average Bonchev–Trinajstić information content (AvgIpc) is 3.31. The molecule has 0 aliphatic carbocycles. The van der Waals surface area contributed by atoms with E-state index in [9.17, 15) is 24.5 Å². The Labute approximate surface area is 175 Å². The minimum absolute atomic E-state index is 0.0287. The maximum atomic E-state index is 13.0. The van der Waals surface area contributed by atoms with Crippen LogP contribution < -0.4 is 0 Å². The van der Waals surface area contributed by atoms with Crippen LogP contribution in [0.4, 0.5) is 5.69 Å². The number of nitro benzene ring substituents is 1. The monoisotopic (exact) mass is 424 g/mol. The van der Waals surface area contributed by atoms with Crippen LogP contribution in [0.1, 0.15) is 36.8 Å². The van der Waals surface area contributed by atoms with Gasteiger partial charge in [-0.25, -0.2) is 4.79 Å². The van der Waals surface area contributed by atoms with Gasteiger partial charge in [-0.1, -0.05) is 18.2 Å². The summed E-state index contributed by atoms with van der Waals surface area (Å²) in [5.41, 5.74) is 0.180. The van der Waals surface area contributed by atoms with Gasteiger partial charge in [0.05, 0.1) is 21.1 Å². The van der Waals surface area contributed by atoms with Crippen LogP contribution in [-0.4, -0.2) is 40.3 Å². The fourth-order valence-electron chi connectivity index (χ4n) is 2.78. The smallest absolute Gasteiger partial charge is 0.339 e. The highest BCUT2D eigenvalue weighted by molar-refractivity contribution is 7.98. The van der Waals surface area contributed by atoms with Crippen LogP contribution in [0, 0.1) is 10.1 Å². The molecule has 1 heterocycles. The van der Waals surface area contributed by atoms with Crippen molar-refractivity contribution >= 4 is 35.0 Å². The summed E-state index contributed by atoms with van der Waals surface area (Å²) < 4.78 is 5.07. The maximum Gasteiger partial charge on any atom is 0.339 e. The Morgan fingerprint density at radius 3 is 2.43 bits per heavy atom. The first-order valence-corrected chi connectivity index (χ1v) is 9.94. The fourth-order valence-corrected chi connectivity index (χ4v) is 3.33. The number of nitrogens with zero attached hydrogens (tertiary/aromatic N) is 1. The van der Waals surface area contributed by atoms with E-state index in [0.717, 1.165) is 0 Å². The standard InChI is InChI=1S/C21H16N2O6S/c1-30-19-9-8-13(11-17(19)23(27)28)20(25)14-5-2-3-6-15(14)21(26)29-12-18(24)16-7-4-10-22-16/h2-11,22H,12H2,1H3. The number of aromatic nitrogens is 1. The molecule has 0 fully saturated rings. The summed E-state index contributed by atoms with van der Waals surface area (Å²) in [5.74, 6) is -1.82. The lowest BCUT2D eigenvalue weighted by Gasteiger charge is -2.09. The summed E-state index contributed by atoms with van der Waals surface area (Å²) in [5, 5.41) is 11.3. The number of hydrogen-bond donors (Lipinski definition) is 1. The number of hydrogen-bond acceptors (Lipinski definition) is 7. The Bertz CT molecular complexity index is 1120. The molecule has 0 radical (unpaired) electrons. The maximum absolute atomic E-state index is 13.0. The van der Waals surface area contributed by atoms with Crippen LogP contribution in [0.25, 0.3) is 0 Å². The van der Waals surface area contributed by atoms with Crippen molar-refractivity contribution in [3.63, 3.8) is 0 Å². The second-order valence-electron chi connectivity index (χ2n) is 6.10. The minimum Gasteiger partial charge on any atom is -0.454 e. The number of nitro groups is 1. The van der Waals surface area contributed by atoms with Crippen molar-refractivity contribution < 1.29 is 24.0 Å². The number of ketones is 2. The van der Waals surface area contributed by atoms with Gasteiger partial charge in [-0.2, -0.15) is 0 Å². The van der Waals surface area contributed by atoms with E-state index in [2.05, 4.69) is 4.98 Å². The van der Waals surface area contributed by atoms with Crippen molar-refractivity contribution in [2.45, 2.75) is 4.90 Å². The van der Waals surface area contributed by atoms with Gasteiger partial charge < -0.3 is 9.72 Å². The lowest BCUT2D eigenvalue weighted by atomic mass is 9.98. The van der Waals surface area contributed by atoms with Gasteiger partial charge in [0, 0.05) is 23.4 Å². The molecule has 0 atom stereocenters. The van der Waals surface area contributed by atoms with Crippen LogP contribution in [0.5, 0.6) is 0 Å². The van der Waals surface area contributed by atoms with E-state index in [-0.39, 0.29) is 22.4 Å². The van der Waals surface area contributed by atoms with Gasteiger partial charge in [-0.15, -0.1) is 11.8 Å². The summed E-state index contributed by atoms with van der Waals surface area (Å²) in [6.45, 7) is -0.490. The number of Topliss-reactive ketones (excluding diaryl/α,β-unsaturated/α-hetero) is 1. The molecule has 30 heavy (non-hydrogen) atoms. The topological polar surface area (TPSA) is 119 Å². The summed E-state index contributed by atoms with van der Waals surface area (Å²) in [6.07, 6.45) is 3.27. The Morgan fingerprint density at radius 2 is 1.80 bits per heavy atom. The van der Waals surface area contributed by atoms with Crippen LogP contribution in [0.2, 0.25) is 0 Å². The van der Waals surface area contributed by atoms with Gasteiger partial charge in [0.15, 0.2) is 12.4 Å². The molecule has 8 nitrogen and oxygen atoms in total. The van der Waals surface area contributed by atoms with Crippen molar-refractivity contribution in [1.82, 2.24) is 4.98 Å². The van der Waals surface area contributed by atoms with E-state index in [1.54, 1.807) is 36.7 Å². The number of carbonyl (C=O) groups is 3. The van der Waals surface area contributed by atoms with E-state index >= 15 is 0 Å². The summed E-state index contributed by atoms with van der Waals surface area (Å²) in [6, 6.07) is 13.3. The molecule has 152 valence electrons. The zero-order valence-corrected chi connectivity index (χ0v) is 16.6. The fraction of sp³-hybridized carbons (Fsp3) is 0.0952. The van der Waals surface area contributed by atoms with E-state index in [4.69, 9.17) is 4.74 Å². The Balaban J connectivity index is 1.85. The molecule has 9 heteroatoms. The van der Waals surface area contributed by atoms with E-state index in [0.29, 0.717) is 10.6 Å². The Hall–Kier alpha value is -3.72. The van der Waals surface area contributed by atoms with Gasteiger partial charge in [-0.3, -0.25) is 19.7 Å². The van der Waals surface area contributed by atoms with Crippen molar-refractivity contribution in [2.75, 3.05) is 12.9 Å². The number of benzene rings is 2. The number of rotatable bonds is 8. The van der Waals surface area contributed by atoms with E-state index < -0.39 is 29.1 Å². The van der Waals surface area contributed by atoms with Gasteiger partial charge in [0.2, 0.25) is 5.78 Å². The van der Waals surface area contributed by atoms with Crippen LogP contribution in [-0.2, 0) is 4.74 Å². The summed E-state index contributed by atoms with van der Waals surface area (Å²) in [4.78, 5) is 51.3. The first kappa shape index (κ1) is 21.0. The number of aromatic amines is 1. The Morgan fingerprint density at radius 1 is 1.07 bits per heavy atom. The van der Waals surface area contributed by atoms with Gasteiger partial charge in [-0.05, 0) is 36.6 Å². The molecule has 1 aromatic heterocycles. The third-order valence-electron chi connectivity index (χ3n) is 4.26. The highest BCUT2D eigenvalue weighted by atomic mass is 32.2. The molecule has 3 aromatic rings. The van der Waals surface area contributed by atoms with Crippen molar-refractivity contribution in [2.24, 2.45) is 0 Å². The molecule has 3 rings (SSSR count). The largest absolute Gasteiger partial charge is 0.454 e. The average molecular weight is 424 g/mol. The molecule has 2 aromatic carbocycles. The zero-order chi connectivity index (χ0) is 21.7. The Kier molecular flexibility index (Phi) is 6.43. The molecule has 0 saturated carbocycles. The van der Waals surface area contributed by atoms with Crippen LogP contribution >= 0.6 is 11.8 Å². The molecule has 0 bridgehead atoms. The van der Waals surface area contributed by atoms with Crippen molar-refractivity contribution in [1.29, 1.82) is 0 Å². The van der Waals surface area contributed by atoms with Gasteiger partial charge in [0.25, 0.3) is 5.69 Å². The van der Waals surface area contributed by atoms with E-state index in [1.807, 2.05) is 0 Å². The third kappa shape index (κ3) is 4.47. The quantitative estimate of drug-likeness (QED) is 0.191. The number of carbonyl (C=O) groups excluding carboxylic acids is 3. The first-order valence-electron chi connectivity index (χ1n) is 8.72.